The third kappa shape index (κ3) is 0.978. The van der Waals surface area contributed by atoms with Crippen molar-refractivity contribution >= 4 is 11.8 Å². The molecule has 0 radical (unpaired) electrons. The zero-order valence-electron chi connectivity index (χ0n) is 6.71. The Morgan fingerprint density at radius 2 is 2.20 bits per heavy atom. The van der Waals surface area contributed by atoms with Crippen LogP contribution in [0.5, 0.6) is 0 Å². The summed E-state index contributed by atoms with van der Waals surface area (Å²) in [5.74, 6) is 2.35. The maximum Gasteiger partial charge on any atom is 0.0560 e. The van der Waals surface area contributed by atoms with Gasteiger partial charge in [0.2, 0.25) is 0 Å². The molecule has 10 heavy (non-hydrogen) atoms. The average molecular weight is 157 g/mol. The van der Waals surface area contributed by atoms with Gasteiger partial charge >= 0.3 is 0 Å². The van der Waals surface area contributed by atoms with Gasteiger partial charge in [0, 0.05) is 11.8 Å². The van der Waals surface area contributed by atoms with Crippen molar-refractivity contribution in [1.82, 2.24) is 4.90 Å². The van der Waals surface area contributed by atoms with Crippen molar-refractivity contribution in [3.05, 3.63) is 0 Å². The first-order valence-corrected chi connectivity index (χ1v) is 5.16. The van der Waals surface area contributed by atoms with Gasteiger partial charge in [-0.25, -0.2) is 0 Å². The highest BCUT2D eigenvalue weighted by Gasteiger charge is 2.37. The smallest absolute Gasteiger partial charge is 0.0560 e. The van der Waals surface area contributed by atoms with Crippen LogP contribution in [-0.2, 0) is 0 Å². The normalized spacial score (nSPS) is 48.0. The lowest BCUT2D eigenvalue weighted by molar-refractivity contribution is 0.162. The molecule has 2 heteroatoms. The highest BCUT2D eigenvalue weighted by atomic mass is 32.2. The Bertz CT molecular complexity index is 123. The van der Waals surface area contributed by atoms with Crippen molar-refractivity contribution in [3.8, 4) is 0 Å². The molecule has 2 rings (SSSR count). The van der Waals surface area contributed by atoms with E-state index in [1.807, 2.05) is 0 Å². The second kappa shape index (κ2) is 2.42. The quantitative estimate of drug-likeness (QED) is 0.527. The molecule has 3 atom stereocenters. The van der Waals surface area contributed by atoms with E-state index < -0.39 is 0 Å². The maximum atomic E-state index is 2.56. The van der Waals surface area contributed by atoms with E-state index in [1.165, 1.54) is 18.6 Å². The summed E-state index contributed by atoms with van der Waals surface area (Å²) in [6.07, 6.45) is 2.84. The molecule has 0 amide bonds. The van der Waals surface area contributed by atoms with Gasteiger partial charge in [0.15, 0.2) is 0 Å². The minimum absolute atomic E-state index is 0.855. The first kappa shape index (κ1) is 6.99. The zero-order valence-corrected chi connectivity index (χ0v) is 7.53. The molecule has 1 nitrogen and oxygen atoms in total. The summed E-state index contributed by atoms with van der Waals surface area (Å²) in [7, 11) is 2.28. The number of rotatable bonds is 0. The molecule has 0 aromatic heterocycles. The van der Waals surface area contributed by atoms with Crippen LogP contribution in [0.3, 0.4) is 0 Å². The van der Waals surface area contributed by atoms with Crippen LogP contribution in [0.1, 0.15) is 19.8 Å². The highest BCUT2D eigenvalue weighted by Crippen LogP contribution is 2.39. The second-order valence-corrected chi connectivity index (χ2v) is 4.89. The summed E-state index contributed by atoms with van der Waals surface area (Å²) >= 11 is 2.15. The molecular formula is C8H15NS. The van der Waals surface area contributed by atoms with Crippen molar-refractivity contribution in [3.63, 3.8) is 0 Å². The predicted octanol–water partition coefficient (Wildman–Crippen LogP) is 1.79. The summed E-state index contributed by atoms with van der Waals surface area (Å²) in [6.45, 7) is 2.39. The van der Waals surface area contributed by atoms with E-state index in [4.69, 9.17) is 0 Å². The van der Waals surface area contributed by atoms with Crippen LogP contribution in [-0.4, -0.2) is 29.1 Å². The van der Waals surface area contributed by atoms with E-state index in [0.29, 0.717) is 0 Å². The van der Waals surface area contributed by atoms with Crippen molar-refractivity contribution in [2.24, 2.45) is 5.92 Å². The first-order valence-electron chi connectivity index (χ1n) is 4.11. The maximum absolute atomic E-state index is 2.56. The van der Waals surface area contributed by atoms with Gasteiger partial charge in [0.05, 0.1) is 5.37 Å². The van der Waals surface area contributed by atoms with E-state index in [0.717, 1.165) is 17.3 Å². The average Bonchev–Trinajstić information content (AvgIpc) is 2.20. The van der Waals surface area contributed by atoms with E-state index in [1.54, 1.807) is 0 Å². The molecule has 2 saturated heterocycles. The standard InChI is InChI=1S/C8H15NS/c1-6-3-7-5-10-8(4-6)9(7)2/h6-8H,3-5H2,1-2H3. The van der Waals surface area contributed by atoms with E-state index in [-0.39, 0.29) is 0 Å². The van der Waals surface area contributed by atoms with Crippen LogP contribution in [0, 0.1) is 5.92 Å². The summed E-state index contributed by atoms with van der Waals surface area (Å²) < 4.78 is 0. The Balaban J connectivity index is 2.09. The number of thioether (sulfide) groups is 1. The fourth-order valence-electron chi connectivity index (χ4n) is 2.07. The molecule has 58 valence electrons. The third-order valence-corrected chi connectivity index (χ3v) is 4.28. The van der Waals surface area contributed by atoms with Crippen LogP contribution in [0.25, 0.3) is 0 Å². The molecule has 2 heterocycles. The fraction of sp³-hybridized carbons (Fsp3) is 1.00. The van der Waals surface area contributed by atoms with Gasteiger partial charge in [0.25, 0.3) is 0 Å². The summed E-state index contributed by atoms with van der Waals surface area (Å²) in [6, 6.07) is 0.902. The number of piperidine rings is 1. The summed E-state index contributed by atoms with van der Waals surface area (Å²) in [5, 5.41) is 0.855. The number of hydrogen-bond acceptors (Lipinski definition) is 2. The summed E-state index contributed by atoms with van der Waals surface area (Å²) in [5.41, 5.74) is 0. The van der Waals surface area contributed by atoms with Crippen LogP contribution in [0.4, 0.5) is 0 Å². The fourth-order valence-corrected chi connectivity index (χ4v) is 3.75. The monoisotopic (exact) mass is 157 g/mol. The van der Waals surface area contributed by atoms with Gasteiger partial charge in [-0.3, -0.25) is 4.90 Å². The Morgan fingerprint density at radius 1 is 1.40 bits per heavy atom. The molecule has 3 unspecified atom stereocenters. The second-order valence-electron chi connectivity index (χ2n) is 3.68. The van der Waals surface area contributed by atoms with E-state index in [2.05, 4.69) is 30.6 Å². The Kier molecular flexibility index (Phi) is 1.69. The lowest BCUT2D eigenvalue weighted by atomic mass is 9.94. The molecule has 2 aliphatic heterocycles. The molecule has 0 saturated carbocycles. The zero-order chi connectivity index (χ0) is 7.14. The molecule has 2 aliphatic rings. The van der Waals surface area contributed by atoms with Crippen molar-refractivity contribution < 1.29 is 0 Å². The van der Waals surface area contributed by atoms with E-state index >= 15 is 0 Å². The summed E-state index contributed by atoms with van der Waals surface area (Å²) in [4.78, 5) is 2.56. The molecule has 2 bridgehead atoms. The molecule has 0 N–H and O–H groups in total. The molecule has 0 aromatic rings. The molecule has 0 spiro atoms. The van der Waals surface area contributed by atoms with Crippen molar-refractivity contribution in [2.75, 3.05) is 12.8 Å². The first-order chi connectivity index (χ1) is 4.77. The van der Waals surface area contributed by atoms with Gasteiger partial charge in [-0.05, 0) is 25.8 Å². The lowest BCUT2D eigenvalue weighted by Gasteiger charge is -2.33. The van der Waals surface area contributed by atoms with Gasteiger partial charge in [0.1, 0.15) is 0 Å². The van der Waals surface area contributed by atoms with Gasteiger partial charge in [-0.1, -0.05) is 6.92 Å². The van der Waals surface area contributed by atoms with Crippen molar-refractivity contribution in [1.29, 1.82) is 0 Å². The topological polar surface area (TPSA) is 3.24 Å². The minimum atomic E-state index is 0.855. The molecule has 0 aromatic carbocycles. The Hall–Kier alpha value is 0.310. The van der Waals surface area contributed by atoms with Gasteiger partial charge < -0.3 is 0 Å². The number of fused-ring (bicyclic) bond motifs is 2. The van der Waals surface area contributed by atoms with Crippen LogP contribution in [0.2, 0.25) is 0 Å². The third-order valence-electron chi connectivity index (χ3n) is 2.79. The van der Waals surface area contributed by atoms with Gasteiger partial charge in [-0.15, -0.1) is 11.8 Å². The highest BCUT2D eigenvalue weighted by molar-refractivity contribution is 8.00. The molecule has 0 aliphatic carbocycles. The Labute approximate surface area is 67.2 Å². The van der Waals surface area contributed by atoms with Gasteiger partial charge in [-0.2, -0.15) is 0 Å². The number of hydrogen-bond donors (Lipinski definition) is 0. The van der Waals surface area contributed by atoms with Crippen LogP contribution < -0.4 is 0 Å². The Morgan fingerprint density at radius 3 is 2.90 bits per heavy atom. The largest absolute Gasteiger partial charge is 0.291 e. The number of nitrogens with zero attached hydrogens (tertiary/aromatic N) is 1. The SMILES string of the molecule is CC1CC2CSC(C1)N2C. The van der Waals surface area contributed by atoms with E-state index in [9.17, 15) is 0 Å². The van der Waals surface area contributed by atoms with Crippen molar-refractivity contribution in [2.45, 2.75) is 31.2 Å². The van der Waals surface area contributed by atoms with Crippen LogP contribution in [0.15, 0.2) is 0 Å². The lowest BCUT2D eigenvalue weighted by Crippen LogP contribution is -2.39. The minimum Gasteiger partial charge on any atom is -0.291 e. The molecular weight excluding hydrogens is 142 g/mol. The van der Waals surface area contributed by atoms with Crippen LogP contribution >= 0.6 is 11.8 Å². The predicted molar refractivity (Wildman–Crippen MR) is 46.2 cm³/mol. The molecule has 2 fully saturated rings.